The smallest absolute Gasteiger partial charge is 0.272 e. The van der Waals surface area contributed by atoms with Gasteiger partial charge in [-0.05, 0) is 49.8 Å². The lowest BCUT2D eigenvalue weighted by atomic mass is 9.88. The molecule has 0 saturated carbocycles. The van der Waals surface area contributed by atoms with Crippen LogP contribution in [0.5, 0.6) is 0 Å². The Morgan fingerprint density at radius 1 is 1.52 bits per heavy atom. The number of carbonyl (C=O) groups is 1. The summed E-state index contributed by atoms with van der Waals surface area (Å²) in [5, 5.41) is 5.91. The monoisotopic (exact) mass is 302 g/mol. The van der Waals surface area contributed by atoms with E-state index in [9.17, 15) is 4.79 Å². The molecule has 4 nitrogen and oxygen atoms in total. The van der Waals surface area contributed by atoms with Crippen molar-refractivity contribution in [2.45, 2.75) is 33.1 Å². The average Bonchev–Trinajstić information content (AvgIpc) is 3.04. The molecule has 21 heavy (non-hydrogen) atoms. The zero-order chi connectivity index (χ0) is 14.8. The van der Waals surface area contributed by atoms with Gasteiger partial charge in [0.25, 0.3) is 5.91 Å². The quantitative estimate of drug-likeness (QED) is 0.696. The van der Waals surface area contributed by atoms with Gasteiger partial charge in [0.1, 0.15) is 11.5 Å². The maximum absolute atomic E-state index is 12.2. The number of aryl methyl sites for hydroxylation is 1. The standard InChI is InChI=1S/C16H18N2O2S/c1-10-3-6-13-14(9-21-15(13)7-10)16(19)18-17-8-12-5-4-11(2)20-12/h4-5,8-10H,3,6-7H2,1-2H3,(H,18,19)/b17-8-/t10-/m0/s1. The van der Waals surface area contributed by atoms with Crippen molar-refractivity contribution in [2.24, 2.45) is 11.0 Å². The summed E-state index contributed by atoms with van der Waals surface area (Å²) in [4.78, 5) is 13.6. The molecule has 1 amide bonds. The lowest BCUT2D eigenvalue weighted by Crippen LogP contribution is -2.20. The van der Waals surface area contributed by atoms with Crippen molar-refractivity contribution >= 4 is 23.5 Å². The van der Waals surface area contributed by atoms with Crippen LogP contribution in [0.1, 0.15) is 45.7 Å². The lowest BCUT2D eigenvalue weighted by molar-refractivity contribution is 0.0954. The Morgan fingerprint density at radius 2 is 2.38 bits per heavy atom. The fourth-order valence-electron chi connectivity index (χ4n) is 2.61. The molecule has 1 atom stereocenters. The van der Waals surface area contributed by atoms with E-state index in [2.05, 4.69) is 17.5 Å². The second-order valence-electron chi connectivity index (χ2n) is 5.55. The number of nitrogens with one attached hydrogen (secondary N) is 1. The van der Waals surface area contributed by atoms with E-state index in [0.29, 0.717) is 11.7 Å². The van der Waals surface area contributed by atoms with E-state index in [-0.39, 0.29) is 5.91 Å². The van der Waals surface area contributed by atoms with E-state index in [1.54, 1.807) is 11.3 Å². The highest BCUT2D eigenvalue weighted by Crippen LogP contribution is 2.32. The van der Waals surface area contributed by atoms with Gasteiger partial charge >= 0.3 is 0 Å². The summed E-state index contributed by atoms with van der Waals surface area (Å²) in [6.45, 7) is 4.13. The zero-order valence-electron chi connectivity index (χ0n) is 12.2. The van der Waals surface area contributed by atoms with Gasteiger partial charge in [0.05, 0.1) is 11.8 Å². The van der Waals surface area contributed by atoms with Gasteiger partial charge in [0, 0.05) is 10.3 Å². The Balaban J connectivity index is 1.67. The summed E-state index contributed by atoms with van der Waals surface area (Å²) in [6, 6.07) is 3.68. The summed E-state index contributed by atoms with van der Waals surface area (Å²) >= 11 is 1.69. The molecule has 110 valence electrons. The van der Waals surface area contributed by atoms with Crippen molar-refractivity contribution in [1.82, 2.24) is 5.43 Å². The molecule has 0 aromatic carbocycles. The molecule has 0 aliphatic heterocycles. The minimum absolute atomic E-state index is 0.137. The van der Waals surface area contributed by atoms with Crippen molar-refractivity contribution in [1.29, 1.82) is 0 Å². The van der Waals surface area contributed by atoms with E-state index in [4.69, 9.17) is 4.42 Å². The van der Waals surface area contributed by atoms with Gasteiger partial charge in [-0.2, -0.15) is 5.10 Å². The third-order valence-corrected chi connectivity index (χ3v) is 4.82. The Hall–Kier alpha value is -1.88. The van der Waals surface area contributed by atoms with Crippen LogP contribution in [0.25, 0.3) is 0 Å². The average molecular weight is 302 g/mol. The minimum atomic E-state index is -0.137. The maximum atomic E-state index is 12.2. The van der Waals surface area contributed by atoms with E-state index in [0.717, 1.165) is 30.6 Å². The van der Waals surface area contributed by atoms with Crippen LogP contribution in [0.15, 0.2) is 27.0 Å². The van der Waals surface area contributed by atoms with Crippen molar-refractivity contribution in [3.63, 3.8) is 0 Å². The van der Waals surface area contributed by atoms with E-state index in [1.165, 1.54) is 16.7 Å². The van der Waals surface area contributed by atoms with Crippen molar-refractivity contribution in [3.05, 3.63) is 45.0 Å². The molecule has 3 rings (SSSR count). The van der Waals surface area contributed by atoms with E-state index < -0.39 is 0 Å². The molecule has 2 heterocycles. The van der Waals surface area contributed by atoms with Gasteiger partial charge < -0.3 is 4.42 Å². The Morgan fingerprint density at radius 3 is 3.14 bits per heavy atom. The highest BCUT2D eigenvalue weighted by atomic mass is 32.1. The summed E-state index contributed by atoms with van der Waals surface area (Å²) < 4.78 is 5.36. The molecule has 2 aromatic rings. The van der Waals surface area contributed by atoms with Crippen molar-refractivity contribution in [2.75, 3.05) is 0 Å². The van der Waals surface area contributed by atoms with Crippen LogP contribution < -0.4 is 5.43 Å². The molecule has 0 unspecified atom stereocenters. The fraction of sp³-hybridized carbons (Fsp3) is 0.375. The molecule has 0 spiro atoms. The molecular weight excluding hydrogens is 284 g/mol. The van der Waals surface area contributed by atoms with E-state index in [1.807, 2.05) is 24.4 Å². The van der Waals surface area contributed by atoms with Crippen molar-refractivity contribution in [3.8, 4) is 0 Å². The topological polar surface area (TPSA) is 54.6 Å². The SMILES string of the molecule is Cc1ccc(/C=N\NC(=O)c2csc3c2CC[C@H](C)C3)o1. The predicted octanol–water partition coefficient (Wildman–Crippen LogP) is 3.54. The highest BCUT2D eigenvalue weighted by molar-refractivity contribution is 7.10. The van der Waals surface area contributed by atoms with Gasteiger partial charge in [-0.15, -0.1) is 11.3 Å². The molecule has 0 saturated heterocycles. The third-order valence-electron chi connectivity index (χ3n) is 3.77. The number of rotatable bonds is 3. The lowest BCUT2D eigenvalue weighted by Gasteiger charge is -2.18. The molecule has 2 aromatic heterocycles. The largest absolute Gasteiger partial charge is 0.460 e. The number of furan rings is 1. The molecular formula is C16H18N2O2S. The summed E-state index contributed by atoms with van der Waals surface area (Å²) in [5.74, 6) is 2.03. The zero-order valence-corrected chi connectivity index (χ0v) is 13.0. The van der Waals surface area contributed by atoms with Crippen LogP contribution in [0, 0.1) is 12.8 Å². The second-order valence-corrected chi connectivity index (χ2v) is 6.51. The molecule has 1 aliphatic carbocycles. The summed E-state index contributed by atoms with van der Waals surface area (Å²) in [5.41, 5.74) is 4.56. The number of nitrogens with zero attached hydrogens (tertiary/aromatic N) is 1. The number of hydrogen-bond donors (Lipinski definition) is 1. The Labute approximate surface area is 127 Å². The number of thiophene rings is 1. The highest BCUT2D eigenvalue weighted by Gasteiger charge is 2.22. The number of carbonyl (C=O) groups excluding carboxylic acids is 1. The van der Waals surface area contributed by atoms with Crippen LogP contribution in [0.4, 0.5) is 0 Å². The van der Waals surface area contributed by atoms with Gasteiger partial charge in [-0.1, -0.05) is 6.92 Å². The number of hydrazone groups is 1. The first-order valence-corrected chi connectivity index (χ1v) is 8.00. The van der Waals surface area contributed by atoms with E-state index >= 15 is 0 Å². The molecule has 1 aliphatic rings. The van der Waals surface area contributed by atoms with Crippen LogP contribution in [-0.2, 0) is 12.8 Å². The molecule has 0 bridgehead atoms. The van der Waals surface area contributed by atoms with Crippen LogP contribution in [0.2, 0.25) is 0 Å². The van der Waals surface area contributed by atoms with Crippen LogP contribution >= 0.6 is 11.3 Å². The van der Waals surface area contributed by atoms with Gasteiger partial charge in [0.2, 0.25) is 0 Å². The fourth-order valence-corrected chi connectivity index (χ4v) is 3.85. The normalized spacial score (nSPS) is 17.9. The molecule has 5 heteroatoms. The first kappa shape index (κ1) is 14.1. The van der Waals surface area contributed by atoms with Crippen molar-refractivity contribution < 1.29 is 9.21 Å². The Bertz CT molecular complexity index is 684. The van der Waals surface area contributed by atoms with Gasteiger partial charge in [-0.25, -0.2) is 5.43 Å². The number of amides is 1. The molecule has 0 radical (unpaired) electrons. The number of hydrogen-bond acceptors (Lipinski definition) is 4. The Kier molecular flexibility index (Phi) is 3.92. The molecule has 0 fully saturated rings. The van der Waals surface area contributed by atoms with Gasteiger partial charge in [0.15, 0.2) is 0 Å². The second kappa shape index (κ2) is 5.85. The first-order valence-electron chi connectivity index (χ1n) is 7.12. The summed E-state index contributed by atoms with van der Waals surface area (Å²) in [6.07, 6.45) is 4.75. The van der Waals surface area contributed by atoms with Crippen LogP contribution in [-0.4, -0.2) is 12.1 Å². The summed E-state index contributed by atoms with van der Waals surface area (Å²) in [7, 11) is 0. The third kappa shape index (κ3) is 3.08. The van der Waals surface area contributed by atoms with Gasteiger partial charge in [-0.3, -0.25) is 4.79 Å². The predicted molar refractivity (Wildman–Crippen MR) is 84.0 cm³/mol. The maximum Gasteiger partial charge on any atom is 0.272 e. The first-order chi connectivity index (χ1) is 10.1. The molecule has 1 N–H and O–H groups in total. The van der Waals surface area contributed by atoms with Crippen LogP contribution in [0.3, 0.4) is 0 Å². The number of fused-ring (bicyclic) bond motifs is 1. The minimum Gasteiger partial charge on any atom is -0.460 e.